The Kier molecular flexibility index (Phi) is 2.64. The number of aromatic nitrogens is 2. The van der Waals surface area contributed by atoms with Gasteiger partial charge < -0.3 is 5.73 Å². The molecule has 0 aliphatic heterocycles. The zero-order valence-electron chi connectivity index (χ0n) is 8.94. The van der Waals surface area contributed by atoms with Crippen LogP contribution in [0.3, 0.4) is 0 Å². The van der Waals surface area contributed by atoms with E-state index in [-0.39, 0.29) is 5.84 Å². The summed E-state index contributed by atoms with van der Waals surface area (Å²) in [6.07, 6.45) is 3.38. The van der Waals surface area contributed by atoms with Gasteiger partial charge in [-0.1, -0.05) is 0 Å². The van der Waals surface area contributed by atoms with Crippen LogP contribution in [0.2, 0.25) is 0 Å². The number of nitrogens with one attached hydrogen (secondary N) is 1. The lowest BCUT2D eigenvalue weighted by molar-refractivity contribution is 1.22. The van der Waals surface area contributed by atoms with Crippen molar-refractivity contribution < 1.29 is 0 Å². The summed E-state index contributed by atoms with van der Waals surface area (Å²) in [5.74, 6) is 0.0382. The Morgan fingerprint density at radius 2 is 1.75 bits per heavy atom. The molecule has 0 radical (unpaired) electrons. The van der Waals surface area contributed by atoms with E-state index < -0.39 is 0 Å². The van der Waals surface area contributed by atoms with Crippen LogP contribution in [-0.2, 0) is 0 Å². The van der Waals surface area contributed by atoms with Gasteiger partial charge >= 0.3 is 0 Å². The van der Waals surface area contributed by atoms with Crippen molar-refractivity contribution in [3.05, 3.63) is 47.8 Å². The molecule has 2 heterocycles. The molecule has 2 aromatic heterocycles. The summed E-state index contributed by atoms with van der Waals surface area (Å²) in [5.41, 5.74) is 8.74. The van der Waals surface area contributed by atoms with Crippen molar-refractivity contribution in [2.45, 2.75) is 6.92 Å². The van der Waals surface area contributed by atoms with E-state index in [1.54, 1.807) is 24.5 Å². The van der Waals surface area contributed by atoms with Gasteiger partial charge in [-0.2, -0.15) is 0 Å². The van der Waals surface area contributed by atoms with E-state index in [9.17, 15) is 0 Å². The van der Waals surface area contributed by atoms with E-state index in [0.717, 1.165) is 17.0 Å². The van der Waals surface area contributed by atoms with E-state index in [2.05, 4.69) is 9.97 Å². The molecule has 0 aromatic carbocycles. The number of amidine groups is 1. The predicted octanol–water partition coefficient (Wildman–Crippen LogP) is 1.74. The van der Waals surface area contributed by atoms with E-state index in [1.807, 2.05) is 19.1 Å². The van der Waals surface area contributed by atoms with Gasteiger partial charge in [0, 0.05) is 18.0 Å². The SMILES string of the molecule is Cc1ccnc(-c2cc(C(=N)N)ccn2)c1. The maximum atomic E-state index is 7.37. The third kappa shape index (κ3) is 2.06. The first-order valence-electron chi connectivity index (χ1n) is 4.90. The number of rotatable bonds is 2. The first kappa shape index (κ1) is 10.3. The molecule has 0 saturated carbocycles. The average molecular weight is 212 g/mol. The summed E-state index contributed by atoms with van der Waals surface area (Å²) in [5, 5.41) is 7.37. The molecule has 0 amide bonds. The second-order valence-corrected chi connectivity index (χ2v) is 3.56. The predicted molar refractivity (Wildman–Crippen MR) is 63.2 cm³/mol. The minimum absolute atomic E-state index is 0.0382. The monoisotopic (exact) mass is 212 g/mol. The molecule has 0 spiro atoms. The van der Waals surface area contributed by atoms with Crippen LogP contribution in [0.5, 0.6) is 0 Å². The summed E-state index contributed by atoms with van der Waals surface area (Å²) in [6, 6.07) is 7.36. The lowest BCUT2D eigenvalue weighted by Crippen LogP contribution is -2.11. The third-order valence-electron chi connectivity index (χ3n) is 2.25. The van der Waals surface area contributed by atoms with Gasteiger partial charge in [0.25, 0.3) is 0 Å². The van der Waals surface area contributed by atoms with Gasteiger partial charge in [0.2, 0.25) is 0 Å². The van der Waals surface area contributed by atoms with Crippen LogP contribution in [0.25, 0.3) is 11.4 Å². The highest BCUT2D eigenvalue weighted by Crippen LogP contribution is 2.15. The van der Waals surface area contributed by atoms with Crippen LogP contribution in [0.15, 0.2) is 36.7 Å². The van der Waals surface area contributed by atoms with Crippen LogP contribution >= 0.6 is 0 Å². The van der Waals surface area contributed by atoms with E-state index in [1.165, 1.54) is 0 Å². The molecule has 0 saturated heterocycles. The second kappa shape index (κ2) is 4.10. The van der Waals surface area contributed by atoms with E-state index >= 15 is 0 Å². The minimum atomic E-state index is 0.0382. The number of hydrogen-bond donors (Lipinski definition) is 2. The Hall–Kier alpha value is -2.23. The van der Waals surface area contributed by atoms with Crippen LogP contribution in [0.1, 0.15) is 11.1 Å². The van der Waals surface area contributed by atoms with Gasteiger partial charge in [0.15, 0.2) is 0 Å². The molecule has 0 unspecified atom stereocenters. The molecule has 0 aliphatic carbocycles. The van der Waals surface area contributed by atoms with Crippen molar-refractivity contribution in [3.63, 3.8) is 0 Å². The summed E-state index contributed by atoms with van der Waals surface area (Å²) >= 11 is 0. The lowest BCUT2D eigenvalue weighted by Gasteiger charge is -2.03. The zero-order chi connectivity index (χ0) is 11.5. The highest BCUT2D eigenvalue weighted by molar-refractivity contribution is 5.95. The molecule has 16 heavy (non-hydrogen) atoms. The maximum Gasteiger partial charge on any atom is 0.122 e. The Morgan fingerprint density at radius 3 is 2.38 bits per heavy atom. The van der Waals surface area contributed by atoms with Gasteiger partial charge in [-0.15, -0.1) is 0 Å². The molecular weight excluding hydrogens is 200 g/mol. The summed E-state index contributed by atoms with van der Waals surface area (Å²) in [6.45, 7) is 2.00. The van der Waals surface area contributed by atoms with Gasteiger partial charge in [-0.25, -0.2) is 0 Å². The molecule has 0 fully saturated rings. The van der Waals surface area contributed by atoms with Crippen molar-refractivity contribution in [1.82, 2.24) is 9.97 Å². The first-order valence-corrected chi connectivity index (χ1v) is 4.90. The fraction of sp³-hybridized carbons (Fsp3) is 0.0833. The van der Waals surface area contributed by atoms with Crippen molar-refractivity contribution >= 4 is 5.84 Å². The quantitative estimate of drug-likeness (QED) is 0.588. The Balaban J connectivity index is 2.48. The van der Waals surface area contributed by atoms with Crippen molar-refractivity contribution in [2.24, 2.45) is 5.73 Å². The number of aryl methyl sites for hydroxylation is 1. The largest absolute Gasteiger partial charge is 0.384 e. The Labute approximate surface area is 93.7 Å². The molecule has 3 N–H and O–H groups in total. The summed E-state index contributed by atoms with van der Waals surface area (Å²) in [4.78, 5) is 8.45. The van der Waals surface area contributed by atoms with Gasteiger partial charge in [0.05, 0.1) is 11.4 Å². The fourth-order valence-electron chi connectivity index (χ4n) is 1.41. The minimum Gasteiger partial charge on any atom is -0.384 e. The molecular formula is C12H12N4. The highest BCUT2D eigenvalue weighted by Gasteiger charge is 2.03. The molecule has 2 aromatic rings. The second-order valence-electron chi connectivity index (χ2n) is 3.56. The van der Waals surface area contributed by atoms with Crippen LogP contribution in [0, 0.1) is 12.3 Å². The maximum absolute atomic E-state index is 7.37. The molecule has 4 nitrogen and oxygen atoms in total. The van der Waals surface area contributed by atoms with Crippen molar-refractivity contribution in [1.29, 1.82) is 5.41 Å². The van der Waals surface area contributed by atoms with Crippen molar-refractivity contribution in [2.75, 3.05) is 0 Å². The van der Waals surface area contributed by atoms with Gasteiger partial charge in [0.1, 0.15) is 5.84 Å². The van der Waals surface area contributed by atoms with Crippen LogP contribution in [0.4, 0.5) is 0 Å². The zero-order valence-corrected chi connectivity index (χ0v) is 8.94. The topological polar surface area (TPSA) is 75.7 Å². The Bertz CT molecular complexity index is 534. The number of pyridine rings is 2. The highest BCUT2D eigenvalue weighted by atomic mass is 14.8. The normalized spacial score (nSPS) is 10.1. The average Bonchev–Trinajstić information content (AvgIpc) is 2.29. The summed E-state index contributed by atoms with van der Waals surface area (Å²) < 4.78 is 0. The van der Waals surface area contributed by atoms with Gasteiger partial charge in [-0.3, -0.25) is 15.4 Å². The smallest absolute Gasteiger partial charge is 0.122 e. The first-order chi connectivity index (χ1) is 7.66. The number of nitrogens with zero attached hydrogens (tertiary/aromatic N) is 2. The molecule has 80 valence electrons. The summed E-state index contributed by atoms with van der Waals surface area (Å²) in [7, 11) is 0. The molecule has 0 bridgehead atoms. The molecule has 4 heteroatoms. The standard InChI is InChI=1S/C12H12N4/c1-8-2-4-15-10(6-8)11-7-9(12(13)14)3-5-16-11/h2-7H,1H3,(H3,13,14). The van der Waals surface area contributed by atoms with Gasteiger partial charge in [-0.05, 0) is 36.8 Å². The Morgan fingerprint density at radius 1 is 1.12 bits per heavy atom. The van der Waals surface area contributed by atoms with Crippen molar-refractivity contribution in [3.8, 4) is 11.4 Å². The number of hydrogen-bond acceptors (Lipinski definition) is 3. The lowest BCUT2D eigenvalue weighted by atomic mass is 10.1. The fourth-order valence-corrected chi connectivity index (χ4v) is 1.41. The third-order valence-corrected chi connectivity index (χ3v) is 2.25. The van der Waals surface area contributed by atoms with Crippen LogP contribution < -0.4 is 5.73 Å². The van der Waals surface area contributed by atoms with E-state index in [4.69, 9.17) is 11.1 Å². The molecule has 2 rings (SSSR count). The molecule has 0 atom stereocenters. The number of nitrogen functional groups attached to an aromatic ring is 1. The van der Waals surface area contributed by atoms with Crippen LogP contribution in [-0.4, -0.2) is 15.8 Å². The molecule has 0 aliphatic rings. The van der Waals surface area contributed by atoms with E-state index in [0.29, 0.717) is 5.56 Å². The number of nitrogens with two attached hydrogens (primary N) is 1.